The van der Waals surface area contributed by atoms with Crippen molar-refractivity contribution in [3.63, 3.8) is 0 Å². The van der Waals surface area contributed by atoms with Crippen LogP contribution in [0.1, 0.15) is 16.1 Å². The fourth-order valence-corrected chi connectivity index (χ4v) is 5.54. The van der Waals surface area contributed by atoms with E-state index in [0.717, 1.165) is 56.4 Å². The number of aromatic nitrogens is 5. The van der Waals surface area contributed by atoms with Crippen molar-refractivity contribution in [1.29, 1.82) is 0 Å². The number of carbonyl (C=O) groups is 1. The number of thiazole rings is 1. The normalized spacial score (nSPS) is 14.0. The summed E-state index contributed by atoms with van der Waals surface area (Å²) in [6, 6.07) is 13.9. The largest absolute Gasteiger partial charge is 0.368 e. The zero-order chi connectivity index (χ0) is 23.8. The van der Waals surface area contributed by atoms with Gasteiger partial charge in [-0.3, -0.25) is 19.9 Å². The number of amides is 1. The van der Waals surface area contributed by atoms with Crippen molar-refractivity contribution in [3.05, 3.63) is 78.5 Å². The molecule has 0 radical (unpaired) electrons. The second kappa shape index (κ2) is 8.92. The van der Waals surface area contributed by atoms with E-state index in [9.17, 15) is 4.79 Å². The molecule has 1 amide bonds. The van der Waals surface area contributed by atoms with Crippen LogP contribution >= 0.6 is 11.3 Å². The molecule has 9 heteroatoms. The Kier molecular flexibility index (Phi) is 5.46. The number of aryl methyl sites for hydroxylation is 1. The van der Waals surface area contributed by atoms with Crippen LogP contribution in [0.15, 0.2) is 67.3 Å². The number of aromatic amines is 1. The van der Waals surface area contributed by atoms with E-state index in [2.05, 4.69) is 25.1 Å². The van der Waals surface area contributed by atoms with Crippen LogP contribution in [0.25, 0.3) is 32.0 Å². The van der Waals surface area contributed by atoms with Crippen LogP contribution in [0.3, 0.4) is 0 Å². The number of hydrogen-bond donors (Lipinski definition) is 1. The highest BCUT2D eigenvalue weighted by Crippen LogP contribution is 2.38. The number of carbonyl (C=O) groups excluding carboxylic acids is 1. The van der Waals surface area contributed by atoms with E-state index in [1.54, 1.807) is 24.8 Å². The zero-order valence-corrected chi connectivity index (χ0v) is 20.0. The highest BCUT2D eigenvalue weighted by Gasteiger charge is 2.28. The number of anilines is 1. The molecule has 1 N–H and O–H groups in total. The van der Waals surface area contributed by atoms with Crippen molar-refractivity contribution in [2.75, 3.05) is 31.1 Å². The number of nitrogens with zero attached hydrogens (tertiary/aromatic N) is 6. The van der Waals surface area contributed by atoms with Gasteiger partial charge < -0.3 is 9.80 Å². The number of piperazine rings is 1. The van der Waals surface area contributed by atoms with E-state index in [0.29, 0.717) is 18.8 Å². The molecule has 0 aliphatic carbocycles. The van der Waals surface area contributed by atoms with Gasteiger partial charge in [-0.2, -0.15) is 5.10 Å². The molecule has 0 saturated carbocycles. The smallest absolute Gasteiger partial charge is 0.274 e. The first-order valence-electron chi connectivity index (χ1n) is 11.5. The van der Waals surface area contributed by atoms with Crippen molar-refractivity contribution < 1.29 is 4.79 Å². The van der Waals surface area contributed by atoms with Crippen molar-refractivity contribution in [2.24, 2.45) is 0 Å². The van der Waals surface area contributed by atoms with Gasteiger partial charge in [-0.1, -0.05) is 24.3 Å². The fraction of sp³-hybridized carbons (Fsp3) is 0.192. The molecular formula is C26H23N7OS. The SMILES string of the molecule is Cc1cccc2c(-c3nc(C(=O)N4CCN(c5ccncc5)CC4)c(-c4cccnc4)s3)[nH]nc12. The van der Waals surface area contributed by atoms with Gasteiger partial charge in [0.2, 0.25) is 0 Å². The standard InChI is InChI=1S/C26H23N7OS/c1-17-4-2-6-20-21(17)30-31-22(20)25-29-23(24(35-25)18-5-3-9-28-16-18)26(34)33-14-12-32(13-15-33)19-7-10-27-11-8-19/h2-11,16H,12-15H2,1H3,(H,30,31). The average Bonchev–Trinajstić information content (AvgIpc) is 3.55. The number of pyridine rings is 2. The van der Waals surface area contributed by atoms with Crippen molar-refractivity contribution >= 4 is 33.8 Å². The van der Waals surface area contributed by atoms with Gasteiger partial charge in [0.15, 0.2) is 0 Å². The molecule has 174 valence electrons. The molecule has 1 aliphatic rings. The number of para-hydroxylation sites is 1. The highest BCUT2D eigenvalue weighted by molar-refractivity contribution is 7.18. The van der Waals surface area contributed by atoms with Crippen LogP contribution in [0, 0.1) is 6.92 Å². The first-order chi connectivity index (χ1) is 17.2. The third kappa shape index (κ3) is 3.93. The summed E-state index contributed by atoms with van der Waals surface area (Å²) in [5, 5.41) is 9.40. The van der Waals surface area contributed by atoms with Crippen molar-refractivity contribution in [1.82, 2.24) is 30.0 Å². The van der Waals surface area contributed by atoms with Gasteiger partial charge in [-0.05, 0) is 30.7 Å². The van der Waals surface area contributed by atoms with Gasteiger partial charge in [-0.15, -0.1) is 11.3 Å². The fourth-order valence-electron chi connectivity index (χ4n) is 4.48. The van der Waals surface area contributed by atoms with E-state index < -0.39 is 0 Å². The Morgan fingerprint density at radius 1 is 0.971 bits per heavy atom. The first kappa shape index (κ1) is 21.4. The maximum Gasteiger partial charge on any atom is 0.274 e. The summed E-state index contributed by atoms with van der Waals surface area (Å²) in [7, 11) is 0. The van der Waals surface area contributed by atoms with Crippen LogP contribution in [0.4, 0.5) is 5.69 Å². The minimum absolute atomic E-state index is 0.0549. The predicted molar refractivity (Wildman–Crippen MR) is 138 cm³/mol. The van der Waals surface area contributed by atoms with Gasteiger partial charge in [0.25, 0.3) is 5.91 Å². The van der Waals surface area contributed by atoms with Crippen LogP contribution in [-0.2, 0) is 0 Å². The third-order valence-corrected chi connectivity index (χ3v) is 7.47. The summed E-state index contributed by atoms with van der Waals surface area (Å²) in [6.45, 7) is 4.83. The average molecular weight is 482 g/mol. The molecule has 8 nitrogen and oxygen atoms in total. The van der Waals surface area contributed by atoms with Crippen LogP contribution in [0.5, 0.6) is 0 Å². The van der Waals surface area contributed by atoms with Gasteiger partial charge in [0.05, 0.1) is 10.4 Å². The minimum Gasteiger partial charge on any atom is -0.368 e. The second-order valence-electron chi connectivity index (χ2n) is 8.49. The highest BCUT2D eigenvalue weighted by atomic mass is 32.1. The lowest BCUT2D eigenvalue weighted by Crippen LogP contribution is -2.49. The van der Waals surface area contributed by atoms with E-state index >= 15 is 0 Å². The summed E-state index contributed by atoms with van der Waals surface area (Å²) in [6.07, 6.45) is 7.11. The van der Waals surface area contributed by atoms with Gasteiger partial charge in [-0.25, -0.2) is 4.98 Å². The van der Waals surface area contributed by atoms with Crippen LogP contribution in [0.2, 0.25) is 0 Å². The maximum atomic E-state index is 13.7. The molecule has 5 aromatic rings. The molecule has 6 rings (SSSR count). The number of rotatable bonds is 4. The van der Waals surface area contributed by atoms with E-state index in [1.165, 1.54) is 11.3 Å². The second-order valence-corrected chi connectivity index (χ2v) is 9.49. The van der Waals surface area contributed by atoms with E-state index in [1.807, 2.05) is 54.3 Å². The number of fused-ring (bicyclic) bond motifs is 1. The molecule has 1 aliphatic heterocycles. The molecule has 1 saturated heterocycles. The Labute approximate surface area is 206 Å². The zero-order valence-electron chi connectivity index (χ0n) is 19.2. The lowest BCUT2D eigenvalue weighted by atomic mass is 10.1. The molecular weight excluding hydrogens is 458 g/mol. The number of benzene rings is 1. The number of nitrogens with one attached hydrogen (secondary N) is 1. The number of hydrogen-bond acceptors (Lipinski definition) is 7. The summed E-state index contributed by atoms with van der Waals surface area (Å²) in [4.78, 5) is 32.0. The molecule has 0 atom stereocenters. The summed E-state index contributed by atoms with van der Waals surface area (Å²) in [5.41, 5.74) is 5.32. The predicted octanol–water partition coefficient (Wildman–Crippen LogP) is 4.41. The quantitative estimate of drug-likeness (QED) is 0.409. The van der Waals surface area contributed by atoms with Crippen molar-refractivity contribution in [2.45, 2.75) is 6.92 Å². The monoisotopic (exact) mass is 481 g/mol. The Morgan fingerprint density at radius 2 is 1.80 bits per heavy atom. The Balaban J connectivity index is 1.34. The molecule has 4 aromatic heterocycles. The molecule has 1 aromatic carbocycles. The van der Waals surface area contributed by atoms with E-state index in [4.69, 9.17) is 4.98 Å². The lowest BCUT2D eigenvalue weighted by molar-refractivity contribution is 0.0742. The maximum absolute atomic E-state index is 13.7. The Hall–Kier alpha value is -4.11. The molecule has 1 fully saturated rings. The molecule has 0 unspecified atom stereocenters. The van der Waals surface area contributed by atoms with E-state index in [-0.39, 0.29) is 5.91 Å². The summed E-state index contributed by atoms with van der Waals surface area (Å²) in [5.74, 6) is -0.0549. The third-order valence-electron chi connectivity index (χ3n) is 6.35. The topological polar surface area (TPSA) is 90.9 Å². The van der Waals surface area contributed by atoms with Gasteiger partial charge >= 0.3 is 0 Å². The van der Waals surface area contributed by atoms with Crippen molar-refractivity contribution in [3.8, 4) is 21.1 Å². The minimum atomic E-state index is -0.0549. The molecule has 35 heavy (non-hydrogen) atoms. The van der Waals surface area contributed by atoms with Crippen LogP contribution in [-0.4, -0.2) is 62.1 Å². The van der Waals surface area contributed by atoms with Gasteiger partial charge in [0.1, 0.15) is 16.4 Å². The lowest BCUT2D eigenvalue weighted by Gasteiger charge is -2.35. The molecule has 5 heterocycles. The molecule has 0 bridgehead atoms. The number of H-pyrrole nitrogens is 1. The van der Waals surface area contributed by atoms with Crippen LogP contribution < -0.4 is 4.90 Å². The summed E-state index contributed by atoms with van der Waals surface area (Å²) < 4.78 is 0. The first-order valence-corrected chi connectivity index (χ1v) is 12.3. The Bertz CT molecular complexity index is 1490. The Morgan fingerprint density at radius 3 is 2.57 bits per heavy atom. The molecule has 0 spiro atoms. The summed E-state index contributed by atoms with van der Waals surface area (Å²) >= 11 is 1.49. The van der Waals surface area contributed by atoms with Gasteiger partial charge in [0, 0.05) is 67.6 Å².